The quantitative estimate of drug-likeness (QED) is 0.501. The molecule has 3 aromatic rings. The number of nitrogens with one attached hydrogen (secondary N) is 1. The Labute approximate surface area is 163 Å². The van der Waals surface area contributed by atoms with E-state index in [1.54, 1.807) is 23.2 Å². The van der Waals surface area contributed by atoms with Gasteiger partial charge in [-0.3, -0.25) is 9.69 Å². The van der Waals surface area contributed by atoms with Gasteiger partial charge in [0, 0.05) is 29.4 Å². The zero-order chi connectivity index (χ0) is 19.7. The molecule has 0 spiro atoms. The molecule has 0 aliphatic heterocycles. The van der Waals surface area contributed by atoms with Crippen molar-refractivity contribution in [2.75, 3.05) is 19.4 Å². The zero-order valence-corrected chi connectivity index (χ0v) is 16.0. The monoisotopic (exact) mass is 380 g/mol. The number of carbonyl (C=O) groups excluding carboxylic acids is 1. The summed E-state index contributed by atoms with van der Waals surface area (Å²) in [6.45, 7) is 0. The Balaban J connectivity index is 1.74. The molecular weight excluding hydrogens is 356 g/mol. The summed E-state index contributed by atoms with van der Waals surface area (Å²) in [5.41, 5.74) is 2.16. The van der Waals surface area contributed by atoms with Gasteiger partial charge in [-0.1, -0.05) is 12.8 Å². The fraction of sp³-hybridized carbons (Fsp3) is 0.400. The lowest BCUT2D eigenvalue weighted by Crippen LogP contribution is -2.23. The molecule has 0 saturated heterocycles. The van der Waals surface area contributed by atoms with E-state index in [2.05, 4.69) is 19.9 Å². The maximum atomic E-state index is 10.8. The molecule has 1 aliphatic carbocycles. The van der Waals surface area contributed by atoms with Crippen molar-refractivity contribution in [2.24, 2.45) is 0 Å². The first kappa shape index (κ1) is 18.5. The largest absolute Gasteiger partial charge is 0.373 e. The molecule has 1 atom stereocenters. The Morgan fingerprint density at radius 1 is 1.25 bits per heavy atom. The van der Waals surface area contributed by atoms with Crippen LogP contribution >= 0.6 is 0 Å². The van der Waals surface area contributed by atoms with Gasteiger partial charge in [0.25, 0.3) is 0 Å². The van der Waals surface area contributed by atoms with Crippen LogP contribution in [0.4, 0.5) is 11.8 Å². The highest BCUT2D eigenvalue weighted by Gasteiger charge is 2.26. The van der Waals surface area contributed by atoms with E-state index in [1.165, 1.54) is 19.0 Å². The number of carbonyl (C=O) groups is 1. The summed E-state index contributed by atoms with van der Waals surface area (Å²) in [6.07, 6.45) is 7.85. The van der Waals surface area contributed by atoms with Gasteiger partial charge in [0.05, 0.1) is 5.69 Å². The van der Waals surface area contributed by atoms with Gasteiger partial charge in [-0.2, -0.15) is 4.98 Å². The standard InChI is InChI=1S/C20H24N6O2/c1-25(2)19(28)16-9-14-11-22-20(23-17-8-7-13(12-27)10-21-17)24-18(14)26(16)15-5-3-4-6-15/h7-12,15,19,28H,3-6H2,1-2H3,(H,21,22,23,24). The Kier molecular flexibility index (Phi) is 5.06. The number of nitrogens with zero attached hydrogens (tertiary/aromatic N) is 5. The predicted octanol–water partition coefficient (Wildman–Crippen LogP) is 3.05. The second-order valence-corrected chi connectivity index (χ2v) is 7.41. The normalized spacial score (nSPS) is 16.0. The first-order valence-electron chi connectivity index (χ1n) is 9.47. The molecule has 0 aromatic carbocycles. The fourth-order valence-electron chi connectivity index (χ4n) is 3.76. The molecule has 2 N–H and O–H groups in total. The van der Waals surface area contributed by atoms with Gasteiger partial charge in [-0.25, -0.2) is 9.97 Å². The van der Waals surface area contributed by atoms with Gasteiger partial charge in [-0.15, -0.1) is 0 Å². The van der Waals surface area contributed by atoms with Crippen LogP contribution in [0.5, 0.6) is 0 Å². The smallest absolute Gasteiger partial charge is 0.230 e. The van der Waals surface area contributed by atoms with Crippen molar-refractivity contribution in [3.8, 4) is 0 Å². The fourth-order valence-corrected chi connectivity index (χ4v) is 3.76. The summed E-state index contributed by atoms with van der Waals surface area (Å²) in [7, 11) is 3.71. The van der Waals surface area contributed by atoms with Crippen LogP contribution < -0.4 is 5.32 Å². The average Bonchev–Trinajstić information content (AvgIpc) is 3.35. The molecular formula is C20H24N6O2. The molecule has 8 heteroatoms. The lowest BCUT2D eigenvalue weighted by molar-refractivity contribution is 0.0319. The molecule has 1 unspecified atom stereocenters. The molecule has 146 valence electrons. The van der Waals surface area contributed by atoms with Crippen LogP contribution in [0.25, 0.3) is 11.0 Å². The minimum atomic E-state index is -0.705. The van der Waals surface area contributed by atoms with Crippen LogP contribution in [0, 0.1) is 0 Å². The van der Waals surface area contributed by atoms with E-state index in [4.69, 9.17) is 4.98 Å². The zero-order valence-electron chi connectivity index (χ0n) is 16.0. The highest BCUT2D eigenvalue weighted by Crippen LogP contribution is 2.36. The lowest BCUT2D eigenvalue weighted by atomic mass is 10.2. The van der Waals surface area contributed by atoms with Crippen LogP contribution in [0.1, 0.15) is 54.0 Å². The number of rotatable bonds is 6. The van der Waals surface area contributed by atoms with Gasteiger partial charge >= 0.3 is 0 Å². The lowest BCUT2D eigenvalue weighted by Gasteiger charge is -2.24. The van der Waals surface area contributed by atoms with E-state index in [-0.39, 0.29) is 0 Å². The third-order valence-electron chi connectivity index (χ3n) is 5.21. The second kappa shape index (κ2) is 7.65. The molecule has 1 saturated carbocycles. The van der Waals surface area contributed by atoms with Gasteiger partial charge in [0.15, 0.2) is 6.29 Å². The average molecular weight is 380 g/mol. The Bertz CT molecular complexity index is 976. The van der Waals surface area contributed by atoms with Crippen LogP contribution in [-0.4, -0.2) is 49.9 Å². The van der Waals surface area contributed by atoms with Gasteiger partial charge in [0.2, 0.25) is 5.95 Å². The number of hydrogen-bond acceptors (Lipinski definition) is 7. The number of aliphatic hydroxyl groups is 1. The van der Waals surface area contributed by atoms with E-state index in [1.807, 2.05) is 20.2 Å². The number of aromatic nitrogens is 4. The summed E-state index contributed by atoms with van der Waals surface area (Å²) in [5.74, 6) is 1.000. The van der Waals surface area contributed by atoms with E-state index in [0.717, 1.165) is 35.9 Å². The number of aliphatic hydroxyl groups excluding tert-OH is 1. The SMILES string of the molecule is CN(C)C(O)c1cc2cnc(Nc3ccc(C=O)cn3)nc2n1C1CCCC1. The maximum Gasteiger partial charge on any atom is 0.230 e. The Morgan fingerprint density at radius 2 is 2.04 bits per heavy atom. The van der Waals surface area contributed by atoms with Crippen LogP contribution in [-0.2, 0) is 0 Å². The molecule has 3 aromatic heterocycles. The van der Waals surface area contributed by atoms with Gasteiger partial charge < -0.3 is 15.0 Å². The number of pyridine rings is 1. The van der Waals surface area contributed by atoms with Gasteiger partial charge in [0.1, 0.15) is 17.7 Å². The summed E-state index contributed by atoms with van der Waals surface area (Å²) in [5, 5.41) is 14.7. The van der Waals surface area contributed by atoms with Crippen LogP contribution in [0.15, 0.2) is 30.6 Å². The van der Waals surface area contributed by atoms with Crippen molar-refractivity contribution >= 4 is 29.1 Å². The maximum absolute atomic E-state index is 10.8. The number of anilines is 2. The summed E-state index contributed by atoms with van der Waals surface area (Å²) < 4.78 is 2.17. The summed E-state index contributed by atoms with van der Waals surface area (Å²) >= 11 is 0. The van der Waals surface area contributed by atoms with Crippen molar-refractivity contribution in [2.45, 2.75) is 38.0 Å². The Morgan fingerprint density at radius 3 is 2.68 bits per heavy atom. The highest BCUT2D eigenvalue weighted by molar-refractivity contribution is 5.79. The van der Waals surface area contributed by atoms with Crippen LogP contribution in [0.2, 0.25) is 0 Å². The second-order valence-electron chi connectivity index (χ2n) is 7.41. The topological polar surface area (TPSA) is 96.2 Å². The van der Waals surface area contributed by atoms with Gasteiger partial charge in [-0.05, 0) is 45.1 Å². The molecule has 0 radical (unpaired) electrons. The van der Waals surface area contributed by atoms with Crippen molar-refractivity contribution in [1.29, 1.82) is 0 Å². The third-order valence-corrected chi connectivity index (χ3v) is 5.21. The highest BCUT2D eigenvalue weighted by atomic mass is 16.3. The Hall–Kier alpha value is -2.84. The molecule has 8 nitrogen and oxygen atoms in total. The summed E-state index contributed by atoms with van der Waals surface area (Å²) in [4.78, 5) is 25.9. The van der Waals surface area contributed by atoms with Crippen LogP contribution in [0.3, 0.4) is 0 Å². The minimum absolute atomic E-state index is 0.329. The molecule has 1 fully saturated rings. The minimum Gasteiger partial charge on any atom is -0.373 e. The third kappa shape index (κ3) is 3.48. The first-order chi connectivity index (χ1) is 13.6. The van der Waals surface area contributed by atoms with E-state index in [9.17, 15) is 9.90 Å². The number of aldehydes is 1. The summed E-state index contributed by atoms with van der Waals surface area (Å²) in [6, 6.07) is 5.70. The van der Waals surface area contributed by atoms with E-state index < -0.39 is 6.23 Å². The molecule has 4 rings (SSSR count). The molecule has 0 bridgehead atoms. The molecule has 0 amide bonds. The number of fused-ring (bicyclic) bond motifs is 1. The molecule has 3 heterocycles. The number of hydrogen-bond donors (Lipinski definition) is 2. The van der Waals surface area contributed by atoms with Crippen molar-refractivity contribution < 1.29 is 9.90 Å². The van der Waals surface area contributed by atoms with E-state index >= 15 is 0 Å². The van der Waals surface area contributed by atoms with E-state index in [0.29, 0.717) is 23.4 Å². The molecule has 28 heavy (non-hydrogen) atoms. The predicted molar refractivity (Wildman–Crippen MR) is 107 cm³/mol. The molecule has 1 aliphatic rings. The van der Waals surface area contributed by atoms with Crippen molar-refractivity contribution in [3.63, 3.8) is 0 Å². The van der Waals surface area contributed by atoms with Crippen molar-refractivity contribution in [1.82, 2.24) is 24.4 Å². The van der Waals surface area contributed by atoms with Crippen molar-refractivity contribution in [3.05, 3.63) is 41.9 Å². The first-order valence-corrected chi connectivity index (χ1v) is 9.47.